The standard InChI is InChI=1S/C12H12N2O3/c1-8(12(16)17)11-13-6-7-14(11)9-4-2-3-5-10(9)15/h2-8,15H,1H3,(H,16,17). The quantitative estimate of drug-likeness (QED) is 0.845. The number of carboxylic acids is 1. The number of para-hydroxylation sites is 2. The maximum absolute atomic E-state index is 11.0. The number of carboxylic acid groups (broad SMARTS) is 1. The highest BCUT2D eigenvalue weighted by atomic mass is 16.4. The molecular weight excluding hydrogens is 220 g/mol. The number of phenols is 1. The van der Waals surface area contributed by atoms with Gasteiger partial charge >= 0.3 is 5.97 Å². The Morgan fingerprint density at radius 1 is 1.41 bits per heavy atom. The highest BCUT2D eigenvalue weighted by Crippen LogP contribution is 2.24. The van der Waals surface area contributed by atoms with E-state index in [9.17, 15) is 9.90 Å². The maximum Gasteiger partial charge on any atom is 0.313 e. The van der Waals surface area contributed by atoms with Gasteiger partial charge < -0.3 is 10.2 Å². The van der Waals surface area contributed by atoms with Crippen LogP contribution < -0.4 is 0 Å². The van der Waals surface area contributed by atoms with Crippen molar-refractivity contribution >= 4 is 5.97 Å². The normalized spacial score (nSPS) is 12.3. The summed E-state index contributed by atoms with van der Waals surface area (Å²) in [6.45, 7) is 1.56. The molecule has 0 aliphatic carbocycles. The van der Waals surface area contributed by atoms with Crippen LogP contribution in [0.3, 0.4) is 0 Å². The van der Waals surface area contributed by atoms with Gasteiger partial charge in [-0.2, -0.15) is 0 Å². The second-order valence-corrected chi connectivity index (χ2v) is 3.70. The summed E-state index contributed by atoms with van der Waals surface area (Å²) in [5.41, 5.74) is 0.521. The van der Waals surface area contributed by atoms with Crippen LogP contribution in [0.4, 0.5) is 0 Å². The topological polar surface area (TPSA) is 75.3 Å². The Hall–Kier alpha value is -2.30. The predicted octanol–water partition coefficient (Wildman–Crippen LogP) is 1.77. The molecule has 5 nitrogen and oxygen atoms in total. The van der Waals surface area contributed by atoms with Crippen LogP contribution >= 0.6 is 0 Å². The number of carbonyl (C=O) groups is 1. The van der Waals surface area contributed by atoms with Crippen LogP contribution in [-0.4, -0.2) is 25.7 Å². The highest BCUT2D eigenvalue weighted by Gasteiger charge is 2.20. The van der Waals surface area contributed by atoms with Crippen LogP contribution in [0, 0.1) is 0 Å². The summed E-state index contributed by atoms with van der Waals surface area (Å²) in [7, 11) is 0. The fourth-order valence-electron chi connectivity index (χ4n) is 1.62. The Balaban J connectivity index is 2.51. The second-order valence-electron chi connectivity index (χ2n) is 3.70. The summed E-state index contributed by atoms with van der Waals surface area (Å²) in [6.07, 6.45) is 3.14. The molecule has 0 amide bonds. The van der Waals surface area contributed by atoms with E-state index >= 15 is 0 Å². The van der Waals surface area contributed by atoms with Gasteiger partial charge in [0.2, 0.25) is 0 Å². The third-order valence-electron chi connectivity index (χ3n) is 2.57. The molecule has 1 aromatic heterocycles. The zero-order valence-corrected chi connectivity index (χ0v) is 9.24. The number of imidazole rings is 1. The van der Waals surface area contributed by atoms with Crippen LogP contribution in [-0.2, 0) is 4.79 Å². The third-order valence-corrected chi connectivity index (χ3v) is 2.57. The van der Waals surface area contributed by atoms with Gasteiger partial charge in [0.1, 0.15) is 17.5 Å². The maximum atomic E-state index is 11.0. The van der Waals surface area contributed by atoms with Crippen molar-refractivity contribution in [3.63, 3.8) is 0 Å². The van der Waals surface area contributed by atoms with Gasteiger partial charge in [-0.1, -0.05) is 12.1 Å². The fraction of sp³-hybridized carbons (Fsp3) is 0.167. The van der Waals surface area contributed by atoms with Crippen LogP contribution in [0.25, 0.3) is 5.69 Å². The lowest BCUT2D eigenvalue weighted by Crippen LogP contribution is -2.13. The summed E-state index contributed by atoms with van der Waals surface area (Å²) in [5, 5.41) is 18.7. The Bertz CT molecular complexity index is 548. The lowest BCUT2D eigenvalue weighted by atomic mass is 10.1. The predicted molar refractivity (Wildman–Crippen MR) is 61.3 cm³/mol. The summed E-state index contributed by atoms with van der Waals surface area (Å²) < 4.78 is 1.58. The number of aromatic nitrogens is 2. The van der Waals surface area contributed by atoms with Gasteiger partial charge in [-0.3, -0.25) is 9.36 Å². The molecule has 5 heteroatoms. The molecule has 2 N–H and O–H groups in total. The van der Waals surface area contributed by atoms with E-state index in [4.69, 9.17) is 5.11 Å². The van der Waals surface area contributed by atoms with Gasteiger partial charge in [-0.15, -0.1) is 0 Å². The van der Waals surface area contributed by atoms with Gasteiger partial charge in [0, 0.05) is 12.4 Å². The van der Waals surface area contributed by atoms with E-state index < -0.39 is 11.9 Å². The smallest absolute Gasteiger partial charge is 0.313 e. The molecule has 1 atom stereocenters. The summed E-state index contributed by atoms with van der Waals surface area (Å²) >= 11 is 0. The van der Waals surface area contributed by atoms with E-state index in [2.05, 4.69) is 4.98 Å². The van der Waals surface area contributed by atoms with Gasteiger partial charge in [0.25, 0.3) is 0 Å². The van der Waals surface area contributed by atoms with E-state index in [0.717, 1.165) is 0 Å². The number of rotatable bonds is 3. The molecule has 0 radical (unpaired) electrons. The van der Waals surface area contributed by atoms with Crippen molar-refractivity contribution in [2.45, 2.75) is 12.8 Å². The van der Waals surface area contributed by atoms with Crippen molar-refractivity contribution < 1.29 is 15.0 Å². The number of hydrogen-bond acceptors (Lipinski definition) is 3. The molecule has 1 heterocycles. The Labute approximate surface area is 98.0 Å². The summed E-state index contributed by atoms with van der Waals surface area (Å²) in [5.74, 6) is -1.21. The molecular formula is C12H12N2O3. The van der Waals surface area contributed by atoms with Gasteiger partial charge in [-0.25, -0.2) is 4.98 Å². The minimum atomic E-state index is -0.951. The van der Waals surface area contributed by atoms with Crippen LogP contribution in [0.2, 0.25) is 0 Å². The minimum Gasteiger partial charge on any atom is -0.506 e. The first-order chi connectivity index (χ1) is 8.11. The molecule has 0 fully saturated rings. The molecule has 0 saturated carbocycles. The third kappa shape index (κ3) is 1.99. The molecule has 0 spiro atoms. The van der Waals surface area contributed by atoms with Gasteiger partial charge in [0.05, 0.1) is 5.69 Å². The van der Waals surface area contributed by atoms with Gasteiger partial charge in [-0.05, 0) is 19.1 Å². The molecule has 0 saturated heterocycles. The number of nitrogens with zero attached hydrogens (tertiary/aromatic N) is 2. The molecule has 1 aromatic carbocycles. The largest absolute Gasteiger partial charge is 0.506 e. The first-order valence-electron chi connectivity index (χ1n) is 5.15. The average molecular weight is 232 g/mol. The first-order valence-corrected chi connectivity index (χ1v) is 5.15. The first kappa shape index (κ1) is 11.2. The Morgan fingerprint density at radius 2 is 2.12 bits per heavy atom. The molecule has 0 aliphatic rings. The summed E-state index contributed by atoms with van der Waals surface area (Å²) in [6, 6.07) is 6.72. The number of phenolic OH excluding ortho intramolecular Hbond substituents is 1. The Morgan fingerprint density at radius 3 is 2.76 bits per heavy atom. The van der Waals surface area contributed by atoms with Gasteiger partial charge in [0.15, 0.2) is 0 Å². The molecule has 0 bridgehead atoms. The highest BCUT2D eigenvalue weighted by molar-refractivity contribution is 5.74. The zero-order valence-electron chi connectivity index (χ0n) is 9.24. The van der Waals surface area contributed by atoms with E-state index in [-0.39, 0.29) is 5.75 Å². The van der Waals surface area contributed by atoms with Crippen molar-refractivity contribution in [3.05, 3.63) is 42.5 Å². The molecule has 0 aliphatic heterocycles. The minimum absolute atomic E-state index is 0.0874. The van der Waals surface area contributed by atoms with Crippen molar-refractivity contribution in [2.75, 3.05) is 0 Å². The lowest BCUT2D eigenvalue weighted by Gasteiger charge is -2.11. The van der Waals surface area contributed by atoms with Crippen LogP contribution in [0.5, 0.6) is 5.75 Å². The molecule has 2 aromatic rings. The van der Waals surface area contributed by atoms with Crippen LogP contribution in [0.1, 0.15) is 18.7 Å². The molecule has 1 unspecified atom stereocenters. The summed E-state index contributed by atoms with van der Waals surface area (Å²) in [4.78, 5) is 15.0. The van der Waals surface area contributed by atoms with Crippen LogP contribution in [0.15, 0.2) is 36.7 Å². The van der Waals surface area contributed by atoms with E-state index in [0.29, 0.717) is 11.5 Å². The number of benzene rings is 1. The number of hydrogen-bond donors (Lipinski definition) is 2. The Kier molecular flexibility index (Phi) is 2.82. The monoisotopic (exact) mass is 232 g/mol. The van der Waals surface area contributed by atoms with E-state index in [1.165, 1.54) is 6.20 Å². The van der Waals surface area contributed by atoms with Crippen molar-refractivity contribution in [2.24, 2.45) is 0 Å². The zero-order chi connectivity index (χ0) is 12.4. The van der Waals surface area contributed by atoms with E-state index in [1.807, 2.05) is 0 Å². The molecule has 17 heavy (non-hydrogen) atoms. The average Bonchev–Trinajstić information content (AvgIpc) is 2.77. The molecule has 88 valence electrons. The SMILES string of the molecule is CC(C(=O)O)c1nccn1-c1ccccc1O. The molecule has 2 rings (SSSR count). The fourth-order valence-corrected chi connectivity index (χ4v) is 1.62. The number of aromatic hydroxyl groups is 1. The van der Waals surface area contributed by atoms with Crippen molar-refractivity contribution in [1.29, 1.82) is 0 Å². The van der Waals surface area contributed by atoms with E-state index in [1.54, 1.807) is 42.0 Å². The van der Waals surface area contributed by atoms with Crippen molar-refractivity contribution in [3.8, 4) is 11.4 Å². The van der Waals surface area contributed by atoms with Crippen molar-refractivity contribution in [1.82, 2.24) is 9.55 Å². The lowest BCUT2D eigenvalue weighted by molar-refractivity contribution is -0.138. The number of aliphatic carboxylic acids is 1. The second kappa shape index (κ2) is 4.29.